The van der Waals surface area contributed by atoms with Gasteiger partial charge in [-0.05, 0) is 44.9 Å². The van der Waals surface area contributed by atoms with Gasteiger partial charge in [-0.3, -0.25) is 4.79 Å². The first kappa shape index (κ1) is 15.5. The Morgan fingerprint density at radius 1 is 1.26 bits per heavy atom. The van der Waals surface area contributed by atoms with Crippen LogP contribution >= 0.6 is 0 Å². The molecule has 0 spiro atoms. The largest absolute Gasteiger partial charge is 0.491 e. The van der Waals surface area contributed by atoms with Gasteiger partial charge < -0.3 is 15.8 Å². The van der Waals surface area contributed by atoms with Gasteiger partial charge in [0, 0.05) is 19.0 Å². The van der Waals surface area contributed by atoms with E-state index in [1.54, 1.807) is 0 Å². The Kier molecular flexibility index (Phi) is 6.36. The lowest BCUT2D eigenvalue weighted by molar-refractivity contribution is -0.121. The van der Waals surface area contributed by atoms with Crippen LogP contribution in [0.5, 0.6) is 5.75 Å². The highest BCUT2D eigenvalue weighted by molar-refractivity contribution is 5.76. The highest BCUT2D eigenvalue weighted by Crippen LogP contribution is 2.13. The van der Waals surface area contributed by atoms with Crippen LogP contribution in [-0.2, 0) is 11.2 Å². The number of amides is 1. The van der Waals surface area contributed by atoms with E-state index in [1.807, 2.05) is 45.0 Å². The van der Waals surface area contributed by atoms with E-state index >= 15 is 0 Å². The van der Waals surface area contributed by atoms with Crippen molar-refractivity contribution in [3.8, 4) is 5.75 Å². The third-order valence-corrected chi connectivity index (χ3v) is 2.54. The van der Waals surface area contributed by atoms with E-state index in [2.05, 4.69) is 5.32 Å². The van der Waals surface area contributed by atoms with Crippen LogP contribution in [0.1, 0.15) is 32.8 Å². The molecule has 0 aliphatic carbocycles. The van der Waals surface area contributed by atoms with Crippen LogP contribution in [0.4, 0.5) is 0 Å². The molecule has 1 amide bonds. The van der Waals surface area contributed by atoms with Crippen molar-refractivity contribution in [3.05, 3.63) is 29.8 Å². The third kappa shape index (κ3) is 6.82. The summed E-state index contributed by atoms with van der Waals surface area (Å²) in [7, 11) is 0. The number of benzene rings is 1. The molecular weight excluding hydrogens is 240 g/mol. The average Bonchev–Trinajstić information content (AvgIpc) is 2.29. The van der Waals surface area contributed by atoms with Crippen molar-refractivity contribution in [2.45, 2.75) is 45.8 Å². The molecule has 0 bridgehead atoms. The zero-order chi connectivity index (χ0) is 14.3. The molecular formula is C15H24N2O2. The fraction of sp³-hybridized carbons (Fsp3) is 0.533. The maximum Gasteiger partial charge on any atom is 0.221 e. The molecule has 0 saturated carbocycles. The van der Waals surface area contributed by atoms with Crippen molar-refractivity contribution < 1.29 is 9.53 Å². The van der Waals surface area contributed by atoms with Gasteiger partial charge in [-0.1, -0.05) is 12.1 Å². The second kappa shape index (κ2) is 7.79. The molecule has 1 rings (SSSR count). The summed E-state index contributed by atoms with van der Waals surface area (Å²) in [6.07, 6.45) is 1.37. The molecule has 0 radical (unpaired) electrons. The minimum absolute atomic E-state index is 0.00904. The lowest BCUT2D eigenvalue weighted by Gasteiger charge is -2.10. The van der Waals surface area contributed by atoms with E-state index in [0.29, 0.717) is 13.0 Å². The van der Waals surface area contributed by atoms with Crippen molar-refractivity contribution in [2.75, 3.05) is 6.54 Å². The van der Waals surface area contributed by atoms with Crippen molar-refractivity contribution in [3.63, 3.8) is 0 Å². The summed E-state index contributed by atoms with van der Waals surface area (Å²) in [6, 6.07) is 7.87. The van der Waals surface area contributed by atoms with Gasteiger partial charge in [0.15, 0.2) is 0 Å². The van der Waals surface area contributed by atoms with Crippen LogP contribution in [0.2, 0.25) is 0 Å². The zero-order valence-electron chi connectivity index (χ0n) is 12.0. The van der Waals surface area contributed by atoms with Crippen LogP contribution in [0, 0.1) is 0 Å². The van der Waals surface area contributed by atoms with Crippen molar-refractivity contribution in [2.24, 2.45) is 5.73 Å². The third-order valence-electron chi connectivity index (χ3n) is 2.54. The maximum absolute atomic E-state index is 11.4. The van der Waals surface area contributed by atoms with Crippen LogP contribution in [0.25, 0.3) is 0 Å². The first-order valence-corrected chi connectivity index (χ1v) is 6.75. The Bertz CT molecular complexity index is 386. The molecule has 0 aromatic heterocycles. The van der Waals surface area contributed by atoms with Crippen molar-refractivity contribution >= 4 is 5.91 Å². The molecule has 0 aliphatic heterocycles. The summed E-state index contributed by atoms with van der Waals surface area (Å²) in [5.41, 5.74) is 6.74. The van der Waals surface area contributed by atoms with E-state index in [-0.39, 0.29) is 18.1 Å². The molecule has 3 N–H and O–H groups in total. The molecule has 106 valence electrons. The highest BCUT2D eigenvalue weighted by Gasteiger charge is 2.04. The van der Waals surface area contributed by atoms with Gasteiger partial charge in [-0.15, -0.1) is 0 Å². The standard InChI is InChI=1S/C15H24N2O2/c1-11(2)19-14-6-4-13(5-7-14)8-9-17-15(18)10-12(3)16/h4-7,11-12H,8-10,16H2,1-3H3,(H,17,18). The van der Waals surface area contributed by atoms with Crippen molar-refractivity contribution in [1.82, 2.24) is 5.32 Å². The van der Waals surface area contributed by atoms with Gasteiger partial charge in [-0.25, -0.2) is 0 Å². The van der Waals surface area contributed by atoms with Crippen LogP contribution < -0.4 is 15.8 Å². The fourth-order valence-electron chi connectivity index (χ4n) is 1.72. The van der Waals surface area contributed by atoms with Crippen LogP contribution in [-0.4, -0.2) is 24.6 Å². The number of carbonyl (C=O) groups is 1. The monoisotopic (exact) mass is 264 g/mol. The molecule has 1 unspecified atom stereocenters. The SMILES string of the molecule is CC(N)CC(=O)NCCc1ccc(OC(C)C)cc1. The van der Waals surface area contributed by atoms with E-state index in [0.717, 1.165) is 12.2 Å². The average molecular weight is 264 g/mol. The second-order valence-corrected chi connectivity index (χ2v) is 5.09. The summed E-state index contributed by atoms with van der Waals surface area (Å²) in [6.45, 7) is 6.47. The van der Waals surface area contributed by atoms with Gasteiger partial charge in [-0.2, -0.15) is 0 Å². The Balaban J connectivity index is 2.32. The summed E-state index contributed by atoms with van der Waals surface area (Å²) >= 11 is 0. The number of nitrogens with two attached hydrogens (primary N) is 1. The molecule has 1 aromatic carbocycles. The first-order valence-electron chi connectivity index (χ1n) is 6.75. The van der Waals surface area contributed by atoms with E-state index in [9.17, 15) is 4.79 Å². The topological polar surface area (TPSA) is 64.4 Å². The minimum Gasteiger partial charge on any atom is -0.491 e. The van der Waals surface area contributed by atoms with Gasteiger partial charge in [0.2, 0.25) is 5.91 Å². The first-order chi connectivity index (χ1) is 8.97. The van der Waals surface area contributed by atoms with E-state index in [4.69, 9.17) is 10.5 Å². The quantitative estimate of drug-likeness (QED) is 0.790. The predicted molar refractivity (Wildman–Crippen MR) is 77.2 cm³/mol. The number of hydrogen-bond acceptors (Lipinski definition) is 3. The Labute approximate surface area is 115 Å². The molecule has 1 aromatic rings. The Morgan fingerprint density at radius 3 is 2.42 bits per heavy atom. The number of nitrogens with one attached hydrogen (secondary N) is 1. The number of carbonyl (C=O) groups excluding carboxylic acids is 1. The molecule has 4 nitrogen and oxygen atoms in total. The number of hydrogen-bond donors (Lipinski definition) is 2. The highest BCUT2D eigenvalue weighted by atomic mass is 16.5. The fourth-order valence-corrected chi connectivity index (χ4v) is 1.72. The Morgan fingerprint density at radius 2 is 1.89 bits per heavy atom. The molecule has 0 heterocycles. The molecule has 19 heavy (non-hydrogen) atoms. The molecule has 0 saturated heterocycles. The van der Waals surface area contributed by atoms with Gasteiger partial charge >= 0.3 is 0 Å². The Hall–Kier alpha value is -1.55. The lowest BCUT2D eigenvalue weighted by atomic mass is 10.1. The van der Waals surface area contributed by atoms with Gasteiger partial charge in [0.1, 0.15) is 5.75 Å². The van der Waals surface area contributed by atoms with Crippen molar-refractivity contribution in [1.29, 1.82) is 0 Å². The molecule has 4 heteroatoms. The number of ether oxygens (including phenoxy) is 1. The summed E-state index contributed by atoms with van der Waals surface area (Å²) in [5, 5.41) is 2.86. The minimum atomic E-state index is -0.0903. The lowest BCUT2D eigenvalue weighted by Crippen LogP contribution is -2.31. The summed E-state index contributed by atoms with van der Waals surface area (Å²) < 4.78 is 5.57. The molecule has 0 fully saturated rings. The normalized spacial score (nSPS) is 12.3. The van der Waals surface area contributed by atoms with Crippen LogP contribution in [0.15, 0.2) is 24.3 Å². The van der Waals surface area contributed by atoms with Crippen LogP contribution in [0.3, 0.4) is 0 Å². The van der Waals surface area contributed by atoms with E-state index in [1.165, 1.54) is 5.56 Å². The smallest absolute Gasteiger partial charge is 0.221 e. The predicted octanol–water partition coefficient (Wildman–Crippen LogP) is 1.87. The summed E-state index contributed by atoms with van der Waals surface area (Å²) in [5.74, 6) is 0.884. The van der Waals surface area contributed by atoms with Gasteiger partial charge in [0.05, 0.1) is 6.10 Å². The summed E-state index contributed by atoms with van der Waals surface area (Å²) in [4.78, 5) is 11.4. The molecule has 1 atom stereocenters. The zero-order valence-corrected chi connectivity index (χ0v) is 12.0. The number of rotatable bonds is 7. The second-order valence-electron chi connectivity index (χ2n) is 5.09. The van der Waals surface area contributed by atoms with E-state index < -0.39 is 0 Å². The molecule has 0 aliphatic rings. The van der Waals surface area contributed by atoms with Gasteiger partial charge in [0.25, 0.3) is 0 Å². The maximum atomic E-state index is 11.4.